The summed E-state index contributed by atoms with van der Waals surface area (Å²) in [7, 11) is 0. The molecule has 82 valence electrons. The van der Waals surface area contributed by atoms with Gasteiger partial charge in [0.1, 0.15) is 6.29 Å². The minimum atomic E-state index is -3.23. The van der Waals surface area contributed by atoms with Gasteiger partial charge in [0.15, 0.2) is 0 Å². The first-order valence-corrected chi connectivity index (χ1v) is 4.11. The lowest BCUT2D eigenvalue weighted by Crippen LogP contribution is -2.08. The van der Waals surface area contributed by atoms with E-state index >= 15 is 0 Å². The highest BCUT2D eigenvalue weighted by Crippen LogP contribution is 2.31. The number of rotatable bonds is 3. The lowest BCUT2D eigenvalue weighted by molar-refractivity contribution is 0.0171. The van der Waals surface area contributed by atoms with E-state index in [2.05, 4.69) is 0 Å². The standard InChI is InChI=1S/C10H8F4O/c1-10(13,14)8-3-6(5-15)2-7(4-8)9(11)12/h2-5,9H,1H3. The molecule has 1 rings (SSSR count). The van der Waals surface area contributed by atoms with Gasteiger partial charge in [-0.1, -0.05) is 0 Å². The number of carbonyl (C=O) groups excluding carboxylic acids is 1. The highest BCUT2D eigenvalue weighted by atomic mass is 19.3. The fourth-order valence-electron chi connectivity index (χ4n) is 1.12. The summed E-state index contributed by atoms with van der Waals surface area (Å²) in [4.78, 5) is 10.4. The van der Waals surface area contributed by atoms with E-state index in [1.54, 1.807) is 0 Å². The maximum absolute atomic E-state index is 12.9. The third kappa shape index (κ3) is 2.78. The predicted molar refractivity (Wildman–Crippen MR) is 46.4 cm³/mol. The van der Waals surface area contributed by atoms with Gasteiger partial charge in [-0.25, -0.2) is 17.6 Å². The van der Waals surface area contributed by atoms with Crippen molar-refractivity contribution < 1.29 is 22.4 Å². The molecule has 0 aromatic heterocycles. The summed E-state index contributed by atoms with van der Waals surface area (Å²) >= 11 is 0. The van der Waals surface area contributed by atoms with Crippen molar-refractivity contribution in [2.45, 2.75) is 19.3 Å². The van der Waals surface area contributed by atoms with Gasteiger partial charge < -0.3 is 0 Å². The molecular formula is C10H8F4O. The van der Waals surface area contributed by atoms with Crippen LogP contribution in [0.2, 0.25) is 0 Å². The molecule has 0 aliphatic rings. The van der Waals surface area contributed by atoms with Crippen molar-refractivity contribution >= 4 is 6.29 Å². The number of aldehydes is 1. The normalized spacial score (nSPS) is 11.9. The first-order chi connectivity index (χ1) is 6.84. The zero-order chi connectivity index (χ0) is 11.6. The van der Waals surface area contributed by atoms with Crippen LogP contribution >= 0.6 is 0 Å². The van der Waals surface area contributed by atoms with Gasteiger partial charge in [-0.2, -0.15) is 0 Å². The molecule has 0 unspecified atom stereocenters. The molecule has 1 aromatic carbocycles. The number of benzene rings is 1. The van der Waals surface area contributed by atoms with E-state index < -0.39 is 23.5 Å². The van der Waals surface area contributed by atoms with Gasteiger partial charge in [-0.05, 0) is 18.2 Å². The van der Waals surface area contributed by atoms with Crippen LogP contribution in [0.1, 0.15) is 34.8 Å². The van der Waals surface area contributed by atoms with Crippen LogP contribution in [0, 0.1) is 0 Å². The second kappa shape index (κ2) is 4.00. The first-order valence-electron chi connectivity index (χ1n) is 4.11. The summed E-state index contributed by atoms with van der Waals surface area (Å²) in [5.74, 6) is -3.23. The molecule has 0 bridgehead atoms. The Bertz CT molecular complexity index is 368. The van der Waals surface area contributed by atoms with Crippen LogP contribution in [-0.2, 0) is 5.92 Å². The SMILES string of the molecule is CC(F)(F)c1cc(C=O)cc(C(F)F)c1. The highest BCUT2D eigenvalue weighted by Gasteiger charge is 2.26. The maximum atomic E-state index is 12.9. The van der Waals surface area contributed by atoms with E-state index in [0.717, 1.165) is 12.1 Å². The lowest BCUT2D eigenvalue weighted by Gasteiger charge is -2.12. The molecule has 0 heterocycles. The van der Waals surface area contributed by atoms with Crippen LogP contribution in [0.5, 0.6) is 0 Å². The van der Waals surface area contributed by atoms with Crippen molar-refractivity contribution in [1.82, 2.24) is 0 Å². The summed E-state index contributed by atoms with van der Waals surface area (Å²) in [6, 6.07) is 2.50. The van der Waals surface area contributed by atoms with E-state index in [4.69, 9.17) is 0 Å². The Balaban J connectivity index is 3.29. The van der Waals surface area contributed by atoms with Crippen LogP contribution in [0.15, 0.2) is 18.2 Å². The van der Waals surface area contributed by atoms with Crippen molar-refractivity contribution in [3.05, 3.63) is 34.9 Å². The number of hydrogen-bond acceptors (Lipinski definition) is 1. The Labute approximate surface area is 83.7 Å². The number of alkyl halides is 4. The fourth-order valence-corrected chi connectivity index (χ4v) is 1.12. The van der Waals surface area contributed by atoms with Crippen molar-refractivity contribution in [3.63, 3.8) is 0 Å². The monoisotopic (exact) mass is 220 g/mol. The molecule has 0 radical (unpaired) electrons. The second-order valence-electron chi connectivity index (χ2n) is 3.20. The first kappa shape index (κ1) is 11.7. The Kier molecular flexibility index (Phi) is 3.12. The Morgan fingerprint density at radius 3 is 2.27 bits per heavy atom. The number of carbonyl (C=O) groups is 1. The molecule has 0 N–H and O–H groups in total. The van der Waals surface area contributed by atoms with E-state index in [1.807, 2.05) is 0 Å². The number of hydrogen-bond donors (Lipinski definition) is 0. The topological polar surface area (TPSA) is 17.1 Å². The third-order valence-corrected chi connectivity index (χ3v) is 1.87. The van der Waals surface area contributed by atoms with Gasteiger partial charge in [0.25, 0.3) is 12.3 Å². The molecule has 0 saturated heterocycles. The molecule has 0 aliphatic heterocycles. The van der Waals surface area contributed by atoms with Crippen LogP contribution in [0.4, 0.5) is 17.6 Å². The Morgan fingerprint density at radius 1 is 1.27 bits per heavy atom. The average Bonchev–Trinajstić information content (AvgIpc) is 2.15. The van der Waals surface area contributed by atoms with E-state index in [1.165, 1.54) is 0 Å². The molecule has 0 saturated carbocycles. The molecule has 1 nitrogen and oxygen atoms in total. The zero-order valence-corrected chi connectivity index (χ0v) is 7.81. The van der Waals surface area contributed by atoms with Crippen molar-refractivity contribution in [2.24, 2.45) is 0 Å². The number of halogens is 4. The van der Waals surface area contributed by atoms with Gasteiger partial charge in [0.2, 0.25) is 0 Å². The van der Waals surface area contributed by atoms with Crippen molar-refractivity contribution in [1.29, 1.82) is 0 Å². The molecule has 5 heteroatoms. The molecule has 0 amide bonds. The summed E-state index contributed by atoms with van der Waals surface area (Å²) in [6.45, 7) is 0.589. The predicted octanol–water partition coefficient (Wildman–Crippen LogP) is 3.55. The quantitative estimate of drug-likeness (QED) is 0.562. The van der Waals surface area contributed by atoms with Gasteiger partial charge >= 0.3 is 0 Å². The summed E-state index contributed by atoms with van der Waals surface area (Å²) in [5, 5.41) is 0. The minimum absolute atomic E-state index is 0.177. The van der Waals surface area contributed by atoms with Gasteiger partial charge in [-0.3, -0.25) is 4.79 Å². The van der Waals surface area contributed by atoms with Crippen LogP contribution in [-0.4, -0.2) is 6.29 Å². The van der Waals surface area contributed by atoms with Crippen molar-refractivity contribution in [3.8, 4) is 0 Å². The molecule has 15 heavy (non-hydrogen) atoms. The summed E-state index contributed by atoms with van der Waals surface area (Å²) in [5.41, 5.74) is -1.33. The van der Waals surface area contributed by atoms with Gasteiger partial charge in [-0.15, -0.1) is 0 Å². The van der Waals surface area contributed by atoms with Crippen LogP contribution in [0.25, 0.3) is 0 Å². The van der Waals surface area contributed by atoms with E-state index in [-0.39, 0.29) is 11.8 Å². The minimum Gasteiger partial charge on any atom is -0.298 e. The summed E-state index contributed by atoms with van der Waals surface area (Å²) < 4.78 is 50.3. The fraction of sp³-hybridized carbons (Fsp3) is 0.300. The van der Waals surface area contributed by atoms with Crippen LogP contribution in [0.3, 0.4) is 0 Å². The third-order valence-electron chi connectivity index (χ3n) is 1.87. The second-order valence-corrected chi connectivity index (χ2v) is 3.20. The summed E-state index contributed by atoms with van der Waals surface area (Å²) in [6.07, 6.45) is -2.60. The smallest absolute Gasteiger partial charge is 0.270 e. The largest absolute Gasteiger partial charge is 0.298 e. The van der Waals surface area contributed by atoms with Gasteiger partial charge in [0.05, 0.1) is 0 Å². The molecule has 0 spiro atoms. The molecule has 0 fully saturated rings. The zero-order valence-electron chi connectivity index (χ0n) is 7.81. The van der Waals surface area contributed by atoms with Gasteiger partial charge in [0, 0.05) is 23.6 Å². The Morgan fingerprint density at radius 2 is 1.87 bits per heavy atom. The maximum Gasteiger partial charge on any atom is 0.270 e. The van der Waals surface area contributed by atoms with E-state index in [0.29, 0.717) is 13.0 Å². The molecular weight excluding hydrogens is 212 g/mol. The Hall–Kier alpha value is -1.39. The lowest BCUT2D eigenvalue weighted by atomic mass is 10.0. The highest BCUT2D eigenvalue weighted by molar-refractivity contribution is 5.75. The van der Waals surface area contributed by atoms with E-state index in [9.17, 15) is 22.4 Å². The van der Waals surface area contributed by atoms with Crippen LogP contribution < -0.4 is 0 Å². The van der Waals surface area contributed by atoms with Crippen molar-refractivity contribution in [2.75, 3.05) is 0 Å². The molecule has 1 aromatic rings. The molecule has 0 aliphatic carbocycles. The average molecular weight is 220 g/mol. The molecule has 0 atom stereocenters.